The maximum absolute atomic E-state index is 11.3. The number of nitrogens with zero attached hydrogens (tertiary/aromatic N) is 1. The molecule has 1 heterocycles. The largest absolute Gasteiger partial charge is 0.481 e. The summed E-state index contributed by atoms with van der Waals surface area (Å²) in [6, 6.07) is 0.241. The highest BCUT2D eigenvalue weighted by Gasteiger charge is 2.33. The van der Waals surface area contributed by atoms with Crippen molar-refractivity contribution in [3.63, 3.8) is 0 Å². The Hall–Kier alpha value is -0.570. The molecule has 16 heavy (non-hydrogen) atoms. The van der Waals surface area contributed by atoms with E-state index < -0.39 is 5.97 Å². The predicted molar refractivity (Wildman–Crippen MR) is 65.5 cm³/mol. The van der Waals surface area contributed by atoms with E-state index in [4.69, 9.17) is 0 Å². The molecule has 0 aromatic carbocycles. The van der Waals surface area contributed by atoms with Gasteiger partial charge in [-0.15, -0.1) is 0 Å². The van der Waals surface area contributed by atoms with Gasteiger partial charge in [0.15, 0.2) is 0 Å². The van der Waals surface area contributed by atoms with Crippen LogP contribution in [-0.4, -0.2) is 35.1 Å². The van der Waals surface area contributed by atoms with Crippen LogP contribution in [0.3, 0.4) is 0 Å². The van der Waals surface area contributed by atoms with Gasteiger partial charge in [-0.2, -0.15) is 0 Å². The van der Waals surface area contributed by atoms with Crippen LogP contribution in [-0.2, 0) is 4.79 Å². The number of hydrogen-bond donors (Lipinski definition) is 1. The van der Waals surface area contributed by atoms with Gasteiger partial charge < -0.3 is 5.11 Å². The molecule has 1 aliphatic rings. The molecule has 0 saturated carbocycles. The van der Waals surface area contributed by atoms with Gasteiger partial charge in [0, 0.05) is 6.04 Å². The molecular formula is C13H25NO2. The van der Waals surface area contributed by atoms with Gasteiger partial charge in [-0.1, -0.05) is 27.2 Å². The maximum Gasteiger partial charge on any atom is 0.308 e. The van der Waals surface area contributed by atoms with Crippen molar-refractivity contribution in [2.24, 2.45) is 11.8 Å². The normalized spacial score (nSPS) is 28.0. The lowest BCUT2D eigenvalue weighted by molar-refractivity contribution is -0.144. The van der Waals surface area contributed by atoms with Gasteiger partial charge in [-0.05, 0) is 38.3 Å². The Kier molecular flexibility index (Phi) is 5.26. The molecule has 1 N–H and O–H groups in total. The van der Waals surface area contributed by atoms with Gasteiger partial charge in [-0.25, -0.2) is 0 Å². The second-order valence-corrected chi connectivity index (χ2v) is 5.27. The van der Waals surface area contributed by atoms with Crippen LogP contribution in [0.4, 0.5) is 0 Å². The van der Waals surface area contributed by atoms with Crippen LogP contribution in [0.25, 0.3) is 0 Å². The molecular weight excluding hydrogens is 202 g/mol. The Bertz CT molecular complexity index is 228. The fourth-order valence-electron chi connectivity index (χ4n) is 2.77. The van der Waals surface area contributed by atoms with Gasteiger partial charge >= 0.3 is 5.97 Å². The highest BCUT2D eigenvalue weighted by Crippen LogP contribution is 2.27. The highest BCUT2D eigenvalue weighted by atomic mass is 16.4. The quantitative estimate of drug-likeness (QED) is 0.802. The monoisotopic (exact) mass is 227 g/mol. The first-order chi connectivity index (χ1) is 7.56. The number of carbonyl (C=O) groups is 1. The average molecular weight is 227 g/mol. The van der Waals surface area contributed by atoms with E-state index in [1.54, 1.807) is 0 Å². The van der Waals surface area contributed by atoms with Crippen molar-refractivity contribution < 1.29 is 9.90 Å². The van der Waals surface area contributed by atoms with Crippen LogP contribution in [0.1, 0.15) is 46.5 Å². The second-order valence-electron chi connectivity index (χ2n) is 5.27. The van der Waals surface area contributed by atoms with E-state index in [0.717, 1.165) is 38.8 Å². The molecule has 1 aliphatic heterocycles. The summed E-state index contributed by atoms with van der Waals surface area (Å²) in [6.07, 6.45) is 4.06. The van der Waals surface area contributed by atoms with Crippen molar-refractivity contribution in [2.75, 3.05) is 13.1 Å². The lowest BCUT2D eigenvalue weighted by atomic mass is 9.88. The van der Waals surface area contributed by atoms with Crippen LogP contribution in [0, 0.1) is 11.8 Å². The molecule has 0 aromatic heterocycles. The molecule has 0 unspecified atom stereocenters. The molecule has 0 amide bonds. The number of rotatable bonds is 4. The van der Waals surface area contributed by atoms with Gasteiger partial charge in [0.2, 0.25) is 0 Å². The molecule has 94 valence electrons. The number of aliphatic carboxylic acids is 1. The Morgan fingerprint density at radius 1 is 1.44 bits per heavy atom. The minimum Gasteiger partial charge on any atom is -0.481 e. The molecule has 0 aliphatic carbocycles. The first-order valence-electron chi connectivity index (χ1n) is 6.53. The van der Waals surface area contributed by atoms with Gasteiger partial charge in [-0.3, -0.25) is 9.69 Å². The number of carboxylic acid groups (broad SMARTS) is 1. The maximum atomic E-state index is 11.3. The molecule has 0 radical (unpaired) electrons. The molecule has 1 fully saturated rings. The van der Waals surface area contributed by atoms with E-state index in [2.05, 4.69) is 25.7 Å². The van der Waals surface area contributed by atoms with E-state index >= 15 is 0 Å². The topological polar surface area (TPSA) is 40.5 Å². The predicted octanol–water partition coefficient (Wildman–Crippen LogP) is 2.61. The van der Waals surface area contributed by atoms with Crippen LogP contribution in [0.5, 0.6) is 0 Å². The number of likely N-dealkylation sites (tertiary alicyclic amines) is 1. The van der Waals surface area contributed by atoms with Crippen molar-refractivity contribution >= 4 is 5.97 Å². The molecule has 3 heteroatoms. The Balaban J connectivity index is 2.80. The zero-order chi connectivity index (χ0) is 12.1. The lowest BCUT2D eigenvalue weighted by Gasteiger charge is -2.33. The first kappa shape index (κ1) is 13.5. The fraction of sp³-hybridized carbons (Fsp3) is 0.923. The lowest BCUT2D eigenvalue weighted by Crippen LogP contribution is -2.43. The minimum absolute atomic E-state index is 0.162. The molecule has 0 spiro atoms. The first-order valence-corrected chi connectivity index (χ1v) is 6.53. The van der Waals surface area contributed by atoms with Crippen LogP contribution in [0.2, 0.25) is 0 Å². The zero-order valence-electron chi connectivity index (χ0n) is 10.8. The summed E-state index contributed by atoms with van der Waals surface area (Å²) < 4.78 is 0. The minimum atomic E-state index is -0.606. The van der Waals surface area contributed by atoms with Crippen LogP contribution >= 0.6 is 0 Å². The van der Waals surface area contributed by atoms with E-state index in [9.17, 15) is 9.90 Å². The summed E-state index contributed by atoms with van der Waals surface area (Å²) in [7, 11) is 0. The summed E-state index contributed by atoms with van der Waals surface area (Å²) in [5.74, 6) is -0.199. The van der Waals surface area contributed by atoms with Crippen LogP contribution < -0.4 is 0 Å². The van der Waals surface area contributed by atoms with Crippen molar-refractivity contribution in [3.8, 4) is 0 Å². The Labute approximate surface area is 98.8 Å². The molecule has 2 atom stereocenters. The van der Waals surface area contributed by atoms with E-state index in [-0.39, 0.29) is 12.0 Å². The van der Waals surface area contributed by atoms with Crippen molar-refractivity contribution in [1.82, 2.24) is 4.90 Å². The number of hydrogen-bond acceptors (Lipinski definition) is 2. The standard InChI is InChI=1S/C13H25NO2/c1-4-14-8-6-5-7-11(13(15)16)12(14)9-10(2)3/h10-12H,4-9H2,1-3H3,(H,15,16)/t11-,12+/m0/s1. The summed E-state index contributed by atoms with van der Waals surface area (Å²) in [5.41, 5.74) is 0. The molecule has 1 saturated heterocycles. The van der Waals surface area contributed by atoms with Crippen molar-refractivity contribution in [3.05, 3.63) is 0 Å². The average Bonchev–Trinajstić information content (AvgIpc) is 2.39. The second kappa shape index (κ2) is 6.24. The SMILES string of the molecule is CCN1CCCC[C@H](C(=O)O)[C@H]1CC(C)C. The van der Waals surface area contributed by atoms with Gasteiger partial charge in [0.25, 0.3) is 0 Å². The van der Waals surface area contributed by atoms with Gasteiger partial charge in [0.1, 0.15) is 0 Å². The number of carboxylic acids is 1. The molecule has 0 aromatic rings. The van der Waals surface area contributed by atoms with E-state index in [1.165, 1.54) is 0 Å². The smallest absolute Gasteiger partial charge is 0.308 e. The summed E-state index contributed by atoms with van der Waals surface area (Å²) in [6.45, 7) is 8.53. The fourth-order valence-corrected chi connectivity index (χ4v) is 2.77. The van der Waals surface area contributed by atoms with E-state index in [0.29, 0.717) is 5.92 Å². The summed E-state index contributed by atoms with van der Waals surface area (Å²) in [4.78, 5) is 13.7. The molecule has 1 rings (SSSR count). The Morgan fingerprint density at radius 2 is 2.12 bits per heavy atom. The zero-order valence-corrected chi connectivity index (χ0v) is 10.8. The van der Waals surface area contributed by atoms with Crippen molar-refractivity contribution in [2.45, 2.75) is 52.5 Å². The van der Waals surface area contributed by atoms with Crippen LogP contribution in [0.15, 0.2) is 0 Å². The summed E-state index contributed by atoms with van der Waals surface area (Å²) in [5, 5.41) is 9.33. The third-order valence-corrected chi connectivity index (χ3v) is 3.58. The van der Waals surface area contributed by atoms with Gasteiger partial charge in [0.05, 0.1) is 5.92 Å². The van der Waals surface area contributed by atoms with Crippen molar-refractivity contribution in [1.29, 1.82) is 0 Å². The molecule has 3 nitrogen and oxygen atoms in total. The van der Waals surface area contributed by atoms with E-state index in [1.807, 2.05) is 0 Å². The molecule has 0 bridgehead atoms. The third-order valence-electron chi connectivity index (χ3n) is 3.58. The third kappa shape index (κ3) is 3.48. The highest BCUT2D eigenvalue weighted by molar-refractivity contribution is 5.70. The summed E-state index contributed by atoms with van der Waals surface area (Å²) >= 11 is 0. The Morgan fingerprint density at radius 3 is 2.62 bits per heavy atom.